The summed E-state index contributed by atoms with van der Waals surface area (Å²) in [7, 11) is 0. The number of imidazole rings is 1. The number of aromatic amines is 1. The van der Waals surface area contributed by atoms with Crippen LogP contribution in [0.1, 0.15) is 5.56 Å². The van der Waals surface area contributed by atoms with Crippen molar-refractivity contribution in [3.05, 3.63) is 76.0 Å². The second-order valence-electron chi connectivity index (χ2n) is 5.81. The highest BCUT2D eigenvalue weighted by atomic mass is 35.5. The molecule has 2 aromatic heterocycles. The highest BCUT2D eigenvalue weighted by Gasteiger charge is 2.11. The minimum atomic E-state index is -0.276. The van der Waals surface area contributed by atoms with E-state index in [0.29, 0.717) is 9.79 Å². The number of halogens is 2. The standard InChI is InChI=1S/C19H13ClFN3S/c1-11-2-3-13(8-16(11)20)17-10-24-18(23-17)15(9-22-19(24)25)12-4-6-14(21)7-5-12/h2-10,23H,1H3. The molecule has 2 heterocycles. The molecule has 0 aliphatic heterocycles. The zero-order valence-electron chi connectivity index (χ0n) is 13.3. The molecule has 0 bridgehead atoms. The van der Waals surface area contributed by atoms with Crippen LogP contribution >= 0.6 is 23.8 Å². The van der Waals surface area contributed by atoms with Gasteiger partial charge in [-0.15, -0.1) is 0 Å². The van der Waals surface area contributed by atoms with Gasteiger partial charge in [0, 0.05) is 28.5 Å². The molecule has 0 fully saturated rings. The summed E-state index contributed by atoms with van der Waals surface area (Å²) in [6.07, 6.45) is 3.60. The van der Waals surface area contributed by atoms with Crippen molar-refractivity contribution in [1.82, 2.24) is 14.4 Å². The van der Waals surface area contributed by atoms with Crippen molar-refractivity contribution in [3.63, 3.8) is 0 Å². The van der Waals surface area contributed by atoms with Crippen LogP contribution in [0.3, 0.4) is 0 Å². The molecule has 124 valence electrons. The number of nitrogens with zero attached hydrogens (tertiary/aromatic N) is 2. The summed E-state index contributed by atoms with van der Waals surface area (Å²) in [6.45, 7) is 1.96. The summed E-state index contributed by atoms with van der Waals surface area (Å²) in [5.41, 5.74) is 5.36. The lowest BCUT2D eigenvalue weighted by atomic mass is 10.1. The SMILES string of the molecule is Cc1ccc(-c2cn3c(=S)ncc(-c4ccc(F)cc4)c3[nH]2)cc1Cl. The Kier molecular flexibility index (Phi) is 3.90. The van der Waals surface area contributed by atoms with Gasteiger partial charge in [-0.25, -0.2) is 9.37 Å². The van der Waals surface area contributed by atoms with Crippen molar-refractivity contribution in [3.8, 4) is 22.4 Å². The van der Waals surface area contributed by atoms with Crippen molar-refractivity contribution in [2.45, 2.75) is 6.92 Å². The molecule has 0 saturated heterocycles. The van der Waals surface area contributed by atoms with Gasteiger partial charge in [0.05, 0.1) is 5.69 Å². The van der Waals surface area contributed by atoms with Crippen LogP contribution in [-0.2, 0) is 0 Å². The Morgan fingerprint density at radius 2 is 1.84 bits per heavy atom. The number of benzene rings is 2. The lowest BCUT2D eigenvalue weighted by Gasteiger charge is -2.04. The van der Waals surface area contributed by atoms with Crippen molar-refractivity contribution in [2.75, 3.05) is 0 Å². The highest BCUT2D eigenvalue weighted by molar-refractivity contribution is 7.71. The molecule has 1 N–H and O–H groups in total. The van der Waals surface area contributed by atoms with Crippen LogP contribution in [-0.4, -0.2) is 14.4 Å². The summed E-state index contributed by atoms with van der Waals surface area (Å²) in [5.74, 6) is -0.276. The summed E-state index contributed by atoms with van der Waals surface area (Å²) in [6, 6.07) is 12.2. The fourth-order valence-corrected chi connectivity index (χ4v) is 3.13. The molecular weight excluding hydrogens is 357 g/mol. The zero-order valence-corrected chi connectivity index (χ0v) is 14.8. The van der Waals surface area contributed by atoms with Gasteiger partial charge in [0.2, 0.25) is 4.77 Å². The van der Waals surface area contributed by atoms with E-state index in [-0.39, 0.29) is 5.82 Å². The van der Waals surface area contributed by atoms with Gasteiger partial charge in [-0.1, -0.05) is 35.9 Å². The fourth-order valence-electron chi connectivity index (χ4n) is 2.75. The third kappa shape index (κ3) is 2.86. The predicted molar refractivity (Wildman–Crippen MR) is 101 cm³/mol. The fraction of sp³-hybridized carbons (Fsp3) is 0.0526. The van der Waals surface area contributed by atoms with E-state index in [4.69, 9.17) is 23.8 Å². The first-order valence-electron chi connectivity index (χ1n) is 7.66. The van der Waals surface area contributed by atoms with Gasteiger partial charge in [-0.2, -0.15) is 0 Å². The van der Waals surface area contributed by atoms with E-state index in [2.05, 4.69) is 9.97 Å². The van der Waals surface area contributed by atoms with Crippen LogP contribution in [0.15, 0.2) is 54.9 Å². The van der Waals surface area contributed by atoms with Gasteiger partial charge < -0.3 is 4.98 Å². The molecule has 0 unspecified atom stereocenters. The maximum atomic E-state index is 13.2. The lowest BCUT2D eigenvalue weighted by Crippen LogP contribution is -1.92. The number of aryl methyl sites for hydroxylation is 1. The summed E-state index contributed by atoms with van der Waals surface area (Å²) in [5, 5.41) is 0.705. The molecule has 4 aromatic rings. The molecule has 0 radical (unpaired) electrons. The Labute approximate surface area is 153 Å². The van der Waals surface area contributed by atoms with Crippen molar-refractivity contribution < 1.29 is 4.39 Å². The lowest BCUT2D eigenvalue weighted by molar-refractivity contribution is 0.628. The largest absolute Gasteiger partial charge is 0.339 e. The average molecular weight is 370 g/mol. The van der Waals surface area contributed by atoms with Gasteiger partial charge in [0.1, 0.15) is 11.5 Å². The first-order chi connectivity index (χ1) is 12.0. The molecule has 0 amide bonds. The first kappa shape index (κ1) is 16.0. The Morgan fingerprint density at radius 1 is 1.12 bits per heavy atom. The maximum Gasteiger partial charge on any atom is 0.205 e. The number of fused-ring (bicyclic) bond motifs is 1. The van der Waals surface area contributed by atoms with E-state index in [0.717, 1.165) is 33.6 Å². The molecule has 0 saturated carbocycles. The van der Waals surface area contributed by atoms with Crippen LogP contribution in [0.5, 0.6) is 0 Å². The number of rotatable bonds is 2. The van der Waals surface area contributed by atoms with Gasteiger partial charge >= 0.3 is 0 Å². The summed E-state index contributed by atoms with van der Waals surface area (Å²) in [4.78, 5) is 7.67. The Balaban J connectivity index is 1.94. The minimum Gasteiger partial charge on any atom is -0.339 e. The van der Waals surface area contributed by atoms with E-state index >= 15 is 0 Å². The van der Waals surface area contributed by atoms with Crippen LogP contribution in [0.25, 0.3) is 28.0 Å². The second-order valence-corrected chi connectivity index (χ2v) is 6.58. The number of H-pyrrole nitrogens is 1. The Morgan fingerprint density at radius 3 is 2.56 bits per heavy atom. The molecular formula is C19H13ClFN3S. The van der Waals surface area contributed by atoms with Crippen LogP contribution < -0.4 is 0 Å². The highest BCUT2D eigenvalue weighted by Crippen LogP contribution is 2.29. The molecule has 6 heteroatoms. The van der Waals surface area contributed by atoms with E-state index in [1.807, 2.05) is 35.7 Å². The van der Waals surface area contributed by atoms with E-state index in [1.54, 1.807) is 18.3 Å². The Bertz CT molecular complexity index is 1150. The molecule has 3 nitrogen and oxygen atoms in total. The molecule has 2 aromatic carbocycles. The third-order valence-electron chi connectivity index (χ3n) is 4.16. The number of hydrogen-bond acceptors (Lipinski definition) is 2. The average Bonchev–Trinajstić information content (AvgIpc) is 3.05. The Hall–Kier alpha value is -2.50. The van der Waals surface area contributed by atoms with Crippen molar-refractivity contribution in [2.24, 2.45) is 0 Å². The minimum absolute atomic E-state index is 0.276. The van der Waals surface area contributed by atoms with Gasteiger partial charge in [0.15, 0.2) is 0 Å². The molecule has 25 heavy (non-hydrogen) atoms. The number of nitrogens with one attached hydrogen (secondary N) is 1. The number of hydrogen-bond donors (Lipinski definition) is 1. The monoisotopic (exact) mass is 369 g/mol. The normalized spacial score (nSPS) is 11.2. The maximum absolute atomic E-state index is 13.2. The van der Waals surface area contributed by atoms with Crippen LogP contribution in [0.4, 0.5) is 4.39 Å². The zero-order chi connectivity index (χ0) is 17.6. The van der Waals surface area contributed by atoms with E-state index < -0.39 is 0 Å². The predicted octanol–water partition coefficient (Wildman–Crippen LogP) is 5.83. The van der Waals surface area contributed by atoms with E-state index in [9.17, 15) is 4.39 Å². The van der Waals surface area contributed by atoms with Crippen LogP contribution in [0.2, 0.25) is 5.02 Å². The topological polar surface area (TPSA) is 33.1 Å². The first-order valence-corrected chi connectivity index (χ1v) is 8.44. The van der Waals surface area contributed by atoms with Crippen LogP contribution in [0, 0.1) is 17.5 Å². The van der Waals surface area contributed by atoms with E-state index in [1.165, 1.54) is 12.1 Å². The molecule has 0 spiro atoms. The second kappa shape index (κ2) is 6.10. The van der Waals surface area contributed by atoms with Gasteiger partial charge in [0.25, 0.3) is 0 Å². The van der Waals surface area contributed by atoms with Crippen molar-refractivity contribution in [1.29, 1.82) is 0 Å². The molecule has 4 rings (SSSR count). The smallest absolute Gasteiger partial charge is 0.205 e. The summed E-state index contributed by atoms with van der Waals surface area (Å²) >= 11 is 11.6. The van der Waals surface area contributed by atoms with Gasteiger partial charge in [-0.3, -0.25) is 4.40 Å². The summed E-state index contributed by atoms with van der Waals surface area (Å²) < 4.78 is 15.5. The molecule has 0 aliphatic carbocycles. The van der Waals surface area contributed by atoms with Crippen molar-refractivity contribution >= 4 is 29.5 Å². The third-order valence-corrected chi connectivity index (χ3v) is 4.86. The quantitative estimate of drug-likeness (QED) is 0.451. The molecule has 0 aliphatic rings. The number of aromatic nitrogens is 3. The van der Waals surface area contributed by atoms with Gasteiger partial charge in [-0.05, 0) is 48.5 Å². The molecule has 0 atom stereocenters.